The molecule has 0 fully saturated rings. The Hall–Kier alpha value is 1.58. The topological polar surface area (TPSA) is 0 Å². The van der Waals surface area contributed by atoms with E-state index in [-0.39, 0.29) is 31.2 Å². The van der Waals surface area contributed by atoms with Crippen LogP contribution in [0.15, 0.2) is 0 Å². The summed E-state index contributed by atoms with van der Waals surface area (Å²) in [5.41, 5.74) is 0. The summed E-state index contributed by atoms with van der Waals surface area (Å²) in [5, 5.41) is 0. The van der Waals surface area contributed by atoms with Crippen molar-refractivity contribution in [3.05, 3.63) is 0 Å². The maximum atomic E-state index is 4.27. The molecule has 0 bridgehead atoms. The average molecular weight is 208 g/mol. The van der Waals surface area contributed by atoms with E-state index in [0.717, 1.165) is 0 Å². The minimum absolute atomic E-state index is 0. The smallest absolute Gasteiger partial charge is 0 e. The van der Waals surface area contributed by atoms with E-state index >= 15 is 0 Å². The van der Waals surface area contributed by atoms with Gasteiger partial charge in [0.25, 0.3) is 0 Å². The van der Waals surface area contributed by atoms with E-state index < -0.39 is 0 Å². The van der Waals surface area contributed by atoms with Crippen molar-refractivity contribution in [1.29, 1.82) is 0 Å². The van der Waals surface area contributed by atoms with E-state index in [9.17, 15) is 0 Å². The first-order chi connectivity index (χ1) is 1.41. The van der Waals surface area contributed by atoms with Crippen LogP contribution < -0.4 is 0 Å². The molecule has 0 aliphatic rings. The van der Waals surface area contributed by atoms with Crippen molar-refractivity contribution in [2.75, 3.05) is 0 Å². The molecule has 0 saturated carbocycles. The Morgan fingerprint density at radius 3 is 1.25 bits per heavy atom. The fourth-order valence-corrected chi connectivity index (χ4v) is 0. The molecule has 20 valence electrons. The monoisotopic (exact) mass is 208 g/mol. The zero-order chi connectivity index (χ0) is 2.71. The molecule has 0 aromatic rings. The minimum atomic E-state index is 0. The number of hydrogen-bond acceptors (Lipinski definition) is 2. The maximum absolute atomic E-state index is 4.27. The summed E-state index contributed by atoms with van der Waals surface area (Å²) >= 11 is 0.0417. The number of rotatable bonds is 0. The predicted molar refractivity (Wildman–Crippen MR) is 20.9 cm³/mol. The first-order valence-electron chi connectivity index (χ1n) is 0.333. The van der Waals surface area contributed by atoms with Crippen molar-refractivity contribution in [1.82, 2.24) is 0 Å². The van der Waals surface area contributed by atoms with E-state index in [0.29, 0.717) is 0 Å². The first-order valence-corrected chi connectivity index (χ1v) is 5.20. The van der Waals surface area contributed by atoms with Gasteiger partial charge in [0.15, 0.2) is 0 Å². The summed E-state index contributed by atoms with van der Waals surface area (Å²) < 4.78 is 0. The van der Waals surface area contributed by atoms with Gasteiger partial charge in [-0.2, -0.15) is 0 Å². The molecule has 0 aromatic heterocycles. The molecule has 0 N–H and O–H groups in total. The van der Waals surface area contributed by atoms with Crippen LogP contribution in [0, 0.1) is 0 Å². The van der Waals surface area contributed by atoms with Crippen molar-refractivity contribution in [2.45, 2.75) is 0 Å². The van der Waals surface area contributed by atoms with E-state index in [1.807, 2.05) is 0 Å². The minimum Gasteiger partial charge on any atom is 0 e. The second kappa shape index (κ2) is 8.82. The Morgan fingerprint density at radius 1 is 1.25 bits per heavy atom. The zero-order valence-electron chi connectivity index (χ0n) is 1.93. The Kier molecular flexibility index (Phi) is 20.1. The standard InChI is InChI=1S/S2Se.Zn/c1-3-2;. The average Bonchev–Trinajstić information content (AvgIpc) is 0.918. The van der Waals surface area contributed by atoms with Gasteiger partial charge in [0, 0.05) is 19.5 Å². The molecule has 0 heterocycles. The third-order valence-corrected chi connectivity index (χ3v) is 0. The van der Waals surface area contributed by atoms with Crippen LogP contribution in [0.2, 0.25) is 0 Å². The Labute approximate surface area is 52.0 Å². The van der Waals surface area contributed by atoms with Crippen molar-refractivity contribution >= 4 is 32.8 Å². The van der Waals surface area contributed by atoms with Crippen LogP contribution in [0.1, 0.15) is 0 Å². The van der Waals surface area contributed by atoms with Gasteiger partial charge >= 0.3 is 32.8 Å². The van der Waals surface area contributed by atoms with Gasteiger partial charge < -0.3 is 0 Å². The largest absolute Gasteiger partial charge is 0 e. The van der Waals surface area contributed by atoms with Crippen LogP contribution in [0.3, 0.4) is 0 Å². The number of hydrogen-bond donors (Lipinski definition) is 0. The molecule has 4 heavy (non-hydrogen) atoms. The fourth-order valence-electron chi connectivity index (χ4n) is 0. The van der Waals surface area contributed by atoms with Gasteiger partial charge in [-0.3, -0.25) is 0 Å². The molecule has 0 aromatic carbocycles. The first kappa shape index (κ1) is 9.13. The molecule has 0 spiro atoms. The summed E-state index contributed by atoms with van der Waals surface area (Å²) in [7, 11) is 8.54. The van der Waals surface area contributed by atoms with Gasteiger partial charge in [0.2, 0.25) is 0 Å². The summed E-state index contributed by atoms with van der Waals surface area (Å²) in [4.78, 5) is 0. The molecule has 0 aliphatic heterocycles. The van der Waals surface area contributed by atoms with Gasteiger partial charge in [-0.1, -0.05) is 0 Å². The molecule has 0 rings (SSSR count). The van der Waals surface area contributed by atoms with Gasteiger partial charge in [-0.05, 0) is 0 Å². The summed E-state index contributed by atoms with van der Waals surface area (Å²) in [6.45, 7) is 0. The molecule has 0 aliphatic carbocycles. The fraction of sp³-hybridized carbons (Fsp3) is 0. The summed E-state index contributed by atoms with van der Waals surface area (Å²) in [5.74, 6) is 0. The zero-order valence-corrected chi connectivity index (χ0v) is 8.25. The van der Waals surface area contributed by atoms with Gasteiger partial charge in [0.05, 0.1) is 0 Å². The second-order valence-electron chi connectivity index (χ2n) is 0.0680. The van der Waals surface area contributed by atoms with Crippen LogP contribution in [0.5, 0.6) is 0 Å². The molecule has 0 nitrogen and oxygen atoms in total. The Balaban J connectivity index is 0. The van der Waals surface area contributed by atoms with Crippen LogP contribution in [-0.2, 0) is 19.5 Å². The van der Waals surface area contributed by atoms with Gasteiger partial charge in [-0.15, -0.1) is 0 Å². The molecule has 0 saturated heterocycles. The van der Waals surface area contributed by atoms with Gasteiger partial charge in [-0.25, -0.2) is 0 Å². The molecule has 4 heteroatoms. The van der Waals surface area contributed by atoms with Crippen molar-refractivity contribution in [2.24, 2.45) is 0 Å². The van der Waals surface area contributed by atoms with E-state index in [1.54, 1.807) is 0 Å². The third kappa shape index (κ3) is 9.54. The summed E-state index contributed by atoms with van der Waals surface area (Å²) in [6.07, 6.45) is 0. The SMILES string of the molecule is S=[Se]=S.[Zn]. The molecular weight excluding hydrogens is 208 g/mol. The Morgan fingerprint density at radius 2 is 1.25 bits per heavy atom. The van der Waals surface area contributed by atoms with E-state index in [4.69, 9.17) is 0 Å². The van der Waals surface area contributed by atoms with Crippen molar-refractivity contribution < 1.29 is 19.5 Å². The molecule has 0 radical (unpaired) electrons. The van der Waals surface area contributed by atoms with E-state index in [1.165, 1.54) is 0 Å². The quantitative estimate of drug-likeness (QED) is 0.543. The van der Waals surface area contributed by atoms with Gasteiger partial charge in [0.1, 0.15) is 0 Å². The second-order valence-corrected chi connectivity index (χ2v) is 3.18. The van der Waals surface area contributed by atoms with Crippen LogP contribution in [-0.4, -0.2) is 11.7 Å². The molecular formula is S2SeZn. The van der Waals surface area contributed by atoms with Crippen LogP contribution in [0.25, 0.3) is 0 Å². The normalized spacial score (nSPS) is 3.00. The predicted octanol–water partition coefficient (Wildman–Crippen LogP) is 0.913. The molecule has 0 atom stereocenters. The maximum Gasteiger partial charge on any atom is 0 e. The van der Waals surface area contributed by atoms with Crippen LogP contribution >= 0.6 is 21.1 Å². The molecule has 0 amide bonds. The summed E-state index contributed by atoms with van der Waals surface area (Å²) in [6, 6.07) is 0. The third-order valence-electron chi connectivity index (χ3n) is 0. The van der Waals surface area contributed by atoms with Crippen LogP contribution in [0.4, 0.5) is 0 Å². The van der Waals surface area contributed by atoms with Crippen molar-refractivity contribution in [3.63, 3.8) is 0 Å². The van der Waals surface area contributed by atoms with E-state index in [2.05, 4.69) is 21.1 Å². The Bertz CT molecular complexity index is 27.0. The molecule has 0 unspecified atom stereocenters. The van der Waals surface area contributed by atoms with Crippen molar-refractivity contribution in [3.8, 4) is 0 Å².